The van der Waals surface area contributed by atoms with Crippen LogP contribution in [0.3, 0.4) is 0 Å². The van der Waals surface area contributed by atoms with Crippen molar-refractivity contribution in [1.29, 1.82) is 0 Å². The number of rotatable bonds is 0. The van der Waals surface area contributed by atoms with Gasteiger partial charge in [-0.25, -0.2) is 0 Å². The van der Waals surface area contributed by atoms with Crippen LogP contribution >= 0.6 is 0 Å². The molecule has 0 saturated carbocycles. The molecule has 0 spiro atoms. The molecule has 0 aliphatic carbocycles. The molecule has 60 valence electrons. The maximum atomic E-state index is 9.41. The molecule has 0 atom stereocenters. The van der Waals surface area contributed by atoms with Crippen LogP contribution in [0.1, 0.15) is 5.56 Å². The molecule has 0 bridgehead atoms. The molecule has 1 aromatic heterocycles. The first-order valence-electron chi connectivity index (χ1n) is 3.88. The highest BCUT2D eigenvalue weighted by atomic mass is 16.5. The van der Waals surface area contributed by atoms with Crippen molar-refractivity contribution in [3.05, 3.63) is 42.1 Å². The third-order valence-corrected chi connectivity index (χ3v) is 2.04. The van der Waals surface area contributed by atoms with Crippen molar-refractivity contribution in [3.8, 4) is 0 Å². The molecule has 2 rings (SSSR count). The highest BCUT2D eigenvalue weighted by Crippen LogP contribution is 2.12. The first kappa shape index (κ1) is 7.10. The van der Waals surface area contributed by atoms with E-state index < -0.39 is 0 Å². The number of para-hydroxylation sites is 1. The molecule has 0 radical (unpaired) electrons. The van der Waals surface area contributed by atoms with Crippen molar-refractivity contribution in [2.45, 2.75) is 6.92 Å². The van der Waals surface area contributed by atoms with Crippen LogP contribution in [0.15, 0.2) is 36.5 Å². The summed E-state index contributed by atoms with van der Waals surface area (Å²) in [5.74, 6) is 0. The number of hydrogen-bond donors (Lipinski definition) is 1. The van der Waals surface area contributed by atoms with Gasteiger partial charge in [0.2, 0.25) is 6.20 Å². The number of aromatic nitrogens is 1. The van der Waals surface area contributed by atoms with Crippen LogP contribution in [0.5, 0.6) is 0 Å². The SMILES string of the molecule is Cc1cc[n+](O)c2ccccc12. The molecule has 0 aliphatic rings. The fraction of sp³-hybridized carbons (Fsp3) is 0.100. The van der Waals surface area contributed by atoms with Crippen LogP contribution in [0.2, 0.25) is 0 Å². The van der Waals surface area contributed by atoms with E-state index in [9.17, 15) is 5.21 Å². The van der Waals surface area contributed by atoms with Crippen LogP contribution in [0, 0.1) is 6.92 Å². The van der Waals surface area contributed by atoms with Gasteiger partial charge in [-0.15, -0.1) is 0 Å². The fourth-order valence-corrected chi connectivity index (χ4v) is 1.36. The minimum Gasteiger partial charge on any atom is -0.285 e. The molecule has 2 nitrogen and oxygen atoms in total. The summed E-state index contributed by atoms with van der Waals surface area (Å²) in [5, 5.41) is 10.5. The quantitative estimate of drug-likeness (QED) is 0.460. The molecule has 0 unspecified atom stereocenters. The van der Waals surface area contributed by atoms with Crippen LogP contribution in [-0.4, -0.2) is 5.21 Å². The second-order valence-electron chi connectivity index (χ2n) is 2.86. The van der Waals surface area contributed by atoms with E-state index in [0.717, 1.165) is 15.6 Å². The van der Waals surface area contributed by atoms with E-state index in [1.54, 1.807) is 6.20 Å². The molecular weight excluding hydrogens is 150 g/mol. The van der Waals surface area contributed by atoms with E-state index in [0.29, 0.717) is 0 Å². The predicted molar refractivity (Wildman–Crippen MR) is 46.1 cm³/mol. The van der Waals surface area contributed by atoms with Crippen LogP contribution in [0.4, 0.5) is 0 Å². The summed E-state index contributed by atoms with van der Waals surface area (Å²) in [6.45, 7) is 2.03. The Hall–Kier alpha value is -1.57. The number of pyridine rings is 1. The molecule has 12 heavy (non-hydrogen) atoms. The van der Waals surface area contributed by atoms with Crippen molar-refractivity contribution in [3.63, 3.8) is 0 Å². The second-order valence-corrected chi connectivity index (χ2v) is 2.86. The number of nitrogens with zero attached hydrogens (tertiary/aromatic N) is 1. The average molecular weight is 160 g/mol. The van der Waals surface area contributed by atoms with Gasteiger partial charge in [-0.05, 0) is 18.6 Å². The topological polar surface area (TPSA) is 24.1 Å². The zero-order chi connectivity index (χ0) is 8.55. The maximum absolute atomic E-state index is 9.41. The molecule has 1 N–H and O–H groups in total. The second kappa shape index (κ2) is 2.48. The highest BCUT2D eigenvalue weighted by Gasteiger charge is 2.07. The van der Waals surface area contributed by atoms with Crippen molar-refractivity contribution in [2.24, 2.45) is 0 Å². The lowest BCUT2D eigenvalue weighted by Gasteiger charge is -1.95. The van der Waals surface area contributed by atoms with E-state index >= 15 is 0 Å². The zero-order valence-corrected chi connectivity index (χ0v) is 6.86. The lowest BCUT2D eigenvalue weighted by Crippen LogP contribution is -2.30. The Kier molecular flexibility index (Phi) is 1.47. The number of benzene rings is 1. The van der Waals surface area contributed by atoms with Gasteiger partial charge in [-0.1, -0.05) is 12.1 Å². The standard InChI is InChI=1S/C10H10NO/c1-8-6-7-11(12)10-5-3-2-4-9(8)10/h2-7,12H,1H3/q+1. The molecule has 0 fully saturated rings. The van der Waals surface area contributed by atoms with E-state index in [-0.39, 0.29) is 0 Å². The van der Waals surface area contributed by atoms with Gasteiger partial charge in [0.15, 0.2) is 0 Å². The van der Waals surface area contributed by atoms with Crippen molar-refractivity contribution < 1.29 is 9.94 Å². The molecular formula is C10H10NO+. The van der Waals surface area contributed by atoms with Gasteiger partial charge in [-0.2, -0.15) is 0 Å². The first-order chi connectivity index (χ1) is 5.79. The van der Waals surface area contributed by atoms with Gasteiger partial charge >= 0.3 is 0 Å². The van der Waals surface area contributed by atoms with Gasteiger partial charge < -0.3 is 0 Å². The minimum absolute atomic E-state index is 0.845. The Morgan fingerprint density at radius 3 is 2.67 bits per heavy atom. The van der Waals surface area contributed by atoms with Crippen LogP contribution in [0.25, 0.3) is 10.9 Å². The third kappa shape index (κ3) is 0.925. The summed E-state index contributed by atoms with van der Waals surface area (Å²) in [4.78, 5) is 0. The van der Waals surface area contributed by atoms with Crippen LogP contribution in [-0.2, 0) is 0 Å². The molecule has 1 heterocycles. The predicted octanol–water partition coefficient (Wildman–Crippen LogP) is 1.67. The summed E-state index contributed by atoms with van der Waals surface area (Å²) in [6.07, 6.45) is 1.65. The van der Waals surface area contributed by atoms with E-state index in [4.69, 9.17) is 0 Å². The van der Waals surface area contributed by atoms with Crippen molar-refractivity contribution in [1.82, 2.24) is 0 Å². The normalized spacial score (nSPS) is 10.4. The Bertz CT molecular complexity index is 383. The summed E-state index contributed by atoms with van der Waals surface area (Å²) >= 11 is 0. The Morgan fingerprint density at radius 2 is 1.92 bits per heavy atom. The van der Waals surface area contributed by atoms with Crippen molar-refractivity contribution >= 4 is 10.9 Å². The smallest absolute Gasteiger partial charge is 0.264 e. The summed E-state index contributed by atoms with van der Waals surface area (Å²) in [5.41, 5.74) is 2.02. The van der Waals surface area contributed by atoms with E-state index in [2.05, 4.69) is 0 Å². The van der Waals surface area contributed by atoms with Gasteiger partial charge in [-0.3, -0.25) is 5.21 Å². The lowest BCUT2D eigenvalue weighted by molar-refractivity contribution is -0.884. The molecule has 2 aromatic rings. The third-order valence-electron chi connectivity index (χ3n) is 2.04. The monoisotopic (exact) mass is 160 g/mol. The molecule has 0 aliphatic heterocycles. The number of fused-ring (bicyclic) bond motifs is 1. The Labute approximate surface area is 70.7 Å². The summed E-state index contributed by atoms with van der Waals surface area (Å²) in [6, 6.07) is 9.66. The van der Waals surface area contributed by atoms with Gasteiger partial charge in [0, 0.05) is 16.9 Å². The lowest BCUT2D eigenvalue weighted by atomic mass is 10.1. The number of aryl methyl sites for hydroxylation is 1. The fourth-order valence-electron chi connectivity index (χ4n) is 1.36. The van der Waals surface area contributed by atoms with E-state index in [1.165, 1.54) is 5.56 Å². The van der Waals surface area contributed by atoms with Gasteiger partial charge in [0.05, 0.1) is 5.39 Å². The molecule has 0 amide bonds. The van der Waals surface area contributed by atoms with Crippen molar-refractivity contribution in [2.75, 3.05) is 0 Å². The molecule has 2 heteroatoms. The van der Waals surface area contributed by atoms with Gasteiger partial charge in [0.25, 0.3) is 5.52 Å². The minimum atomic E-state index is 0.845. The highest BCUT2D eigenvalue weighted by molar-refractivity contribution is 5.78. The maximum Gasteiger partial charge on any atom is 0.264 e. The molecule has 0 saturated heterocycles. The summed E-state index contributed by atoms with van der Waals surface area (Å²) < 4.78 is 1.14. The van der Waals surface area contributed by atoms with Crippen LogP contribution < -0.4 is 4.73 Å². The molecule has 1 aromatic carbocycles. The van der Waals surface area contributed by atoms with E-state index in [1.807, 2.05) is 37.3 Å². The average Bonchev–Trinajstić information content (AvgIpc) is 2.12. The first-order valence-corrected chi connectivity index (χ1v) is 3.88. The largest absolute Gasteiger partial charge is 0.285 e. The Morgan fingerprint density at radius 1 is 1.17 bits per heavy atom. The van der Waals surface area contributed by atoms with Gasteiger partial charge in [0.1, 0.15) is 0 Å². The zero-order valence-electron chi connectivity index (χ0n) is 6.86. The Balaban J connectivity index is 2.95. The summed E-state index contributed by atoms with van der Waals surface area (Å²) in [7, 11) is 0. The number of hydrogen-bond acceptors (Lipinski definition) is 1.